The largest absolute Gasteiger partial charge is 0.616 e. The smallest absolute Gasteiger partial charge is 0.379 e. The van der Waals surface area contributed by atoms with E-state index in [0.29, 0.717) is 19.0 Å². The van der Waals surface area contributed by atoms with E-state index in [0.717, 1.165) is 37.5 Å². The lowest BCUT2D eigenvalue weighted by Gasteiger charge is -2.11. The van der Waals surface area contributed by atoms with Gasteiger partial charge < -0.3 is 15.3 Å². The number of hydrogen-bond donors (Lipinski definition) is 1. The van der Waals surface area contributed by atoms with Gasteiger partial charge in [0.1, 0.15) is 5.82 Å². The number of anilines is 1. The summed E-state index contributed by atoms with van der Waals surface area (Å²) in [5, 5.41) is 19.8. The summed E-state index contributed by atoms with van der Waals surface area (Å²) < 4.78 is 8.56. The van der Waals surface area contributed by atoms with E-state index in [1.165, 1.54) is 6.20 Å². The van der Waals surface area contributed by atoms with Gasteiger partial charge in [-0.1, -0.05) is 30.3 Å². The molecule has 0 spiro atoms. The van der Waals surface area contributed by atoms with Gasteiger partial charge in [0, 0.05) is 23.7 Å². The Hall–Kier alpha value is -3.13. The van der Waals surface area contributed by atoms with Crippen LogP contribution in [0.15, 0.2) is 65.4 Å². The molecule has 0 atom stereocenters. The number of benzene rings is 1. The Morgan fingerprint density at radius 2 is 2.04 bits per heavy atom. The summed E-state index contributed by atoms with van der Waals surface area (Å²) in [6, 6.07) is 15.4. The molecule has 8 heteroatoms. The molecule has 0 fully saturated rings. The Labute approximate surface area is 170 Å². The van der Waals surface area contributed by atoms with Crippen LogP contribution in [-0.4, -0.2) is 21.2 Å². The Morgan fingerprint density at radius 3 is 2.79 bits per heavy atom. The molecule has 1 N–H and O–H groups in total. The van der Waals surface area contributed by atoms with E-state index in [1.54, 1.807) is 16.8 Å². The second-order valence-electron chi connectivity index (χ2n) is 6.11. The zero-order chi connectivity index (χ0) is 19.5. The van der Waals surface area contributed by atoms with Crippen molar-refractivity contribution in [1.29, 1.82) is 0 Å². The molecule has 0 aliphatic heterocycles. The fourth-order valence-corrected chi connectivity index (χ4v) is 3.23. The van der Waals surface area contributed by atoms with Crippen LogP contribution < -0.4 is 14.8 Å². The van der Waals surface area contributed by atoms with Crippen LogP contribution in [0, 0.1) is 5.21 Å². The van der Waals surface area contributed by atoms with Crippen molar-refractivity contribution in [2.45, 2.75) is 13.5 Å². The average molecular weight is 440 g/mol. The summed E-state index contributed by atoms with van der Waals surface area (Å²) in [4.78, 5) is 4.71. The molecule has 28 heavy (non-hydrogen) atoms. The van der Waals surface area contributed by atoms with Gasteiger partial charge in [-0.2, -0.15) is 9.61 Å². The van der Waals surface area contributed by atoms with Crippen LogP contribution in [0.25, 0.3) is 16.9 Å². The number of nitrogens with zero attached hydrogens (tertiary/aromatic N) is 4. The third-order valence-electron chi connectivity index (χ3n) is 4.20. The highest BCUT2D eigenvalue weighted by Gasteiger charge is 2.12. The van der Waals surface area contributed by atoms with Gasteiger partial charge in [-0.25, -0.2) is 4.98 Å². The fourth-order valence-electron chi connectivity index (χ4n) is 2.88. The number of aromatic nitrogens is 4. The molecule has 0 saturated heterocycles. The van der Waals surface area contributed by atoms with Crippen LogP contribution >= 0.6 is 15.9 Å². The van der Waals surface area contributed by atoms with E-state index < -0.39 is 0 Å². The molecule has 0 bridgehead atoms. The molecular weight excluding hydrogens is 422 g/mol. The van der Waals surface area contributed by atoms with E-state index in [1.807, 2.05) is 49.4 Å². The van der Waals surface area contributed by atoms with Gasteiger partial charge in [0.15, 0.2) is 11.8 Å². The Morgan fingerprint density at radius 1 is 1.21 bits per heavy atom. The molecule has 3 heterocycles. The Kier molecular flexibility index (Phi) is 5.12. The van der Waals surface area contributed by atoms with Crippen LogP contribution in [0.3, 0.4) is 0 Å². The monoisotopic (exact) mass is 439 g/mol. The molecule has 0 unspecified atom stereocenters. The molecule has 0 aliphatic carbocycles. The van der Waals surface area contributed by atoms with Crippen molar-refractivity contribution < 1.29 is 9.47 Å². The molecular formula is C20H18BrN5O2. The van der Waals surface area contributed by atoms with Crippen LogP contribution in [-0.2, 0) is 6.54 Å². The number of nitrogens with one attached hydrogen (secondary N) is 1. The van der Waals surface area contributed by atoms with Crippen molar-refractivity contribution in [3.8, 4) is 17.1 Å². The van der Waals surface area contributed by atoms with E-state index in [9.17, 15) is 5.21 Å². The molecule has 0 saturated carbocycles. The van der Waals surface area contributed by atoms with E-state index >= 15 is 0 Å². The maximum atomic E-state index is 12.0. The minimum absolute atomic E-state index is 0.292. The predicted octanol–water partition coefficient (Wildman–Crippen LogP) is 3.80. The number of rotatable bonds is 6. The average Bonchev–Trinajstić information content (AvgIpc) is 3.10. The van der Waals surface area contributed by atoms with Crippen LogP contribution in [0.5, 0.6) is 5.88 Å². The first-order chi connectivity index (χ1) is 13.7. The summed E-state index contributed by atoms with van der Waals surface area (Å²) in [5.74, 6) is 1.07. The van der Waals surface area contributed by atoms with Gasteiger partial charge in [0.2, 0.25) is 0 Å². The molecule has 1 aromatic carbocycles. The summed E-state index contributed by atoms with van der Waals surface area (Å²) in [5.41, 5.74) is 3.40. The van der Waals surface area contributed by atoms with Gasteiger partial charge in [-0.3, -0.25) is 0 Å². The molecule has 142 valence electrons. The summed E-state index contributed by atoms with van der Waals surface area (Å²) in [6.45, 7) is 2.75. The topological polar surface area (TPSA) is 78.4 Å². The maximum Gasteiger partial charge on any atom is 0.379 e. The molecule has 0 aliphatic rings. The first kappa shape index (κ1) is 18.2. The standard InChI is InChI=1S/C20H18BrN5O2/c1-2-28-19-9-8-14(13-25(19)27)11-22-18-10-17(15-6-4-3-5-7-15)24-20-16(21)12-23-26(18)20/h3-10,12-13,22H,2,11H2,1H3. The van der Waals surface area contributed by atoms with Crippen molar-refractivity contribution in [3.63, 3.8) is 0 Å². The lowest BCUT2D eigenvalue weighted by Crippen LogP contribution is -2.29. The maximum absolute atomic E-state index is 12.0. The number of ether oxygens (including phenoxy) is 1. The van der Waals surface area contributed by atoms with Crippen molar-refractivity contribution in [2.75, 3.05) is 11.9 Å². The Balaban J connectivity index is 1.65. The molecule has 7 nitrogen and oxygen atoms in total. The summed E-state index contributed by atoms with van der Waals surface area (Å²) in [6.07, 6.45) is 3.22. The summed E-state index contributed by atoms with van der Waals surface area (Å²) in [7, 11) is 0. The second-order valence-corrected chi connectivity index (χ2v) is 6.96. The fraction of sp³-hybridized carbons (Fsp3) is 0.150. The predicted molar refractivity (Wildman–Crippen MR) is 110 cm³/mol. The number of fused-ring (bicyclic) bond motifs is 1. The molecule has 3 aromatic heterocycles. The zero-order valence-corrected chi connectivity index (χ0v) is 16.8. The Bertz CT molecular complexity index is 1110. The van der Waals surface area contributed by atoms with E-state index in [4.69, 9.17) is 9.72 Å². The van der Waals surface area contributed by atoms with Gasteiger partial charge in [-0.05, 0) is 28.9 Å². The van der Waals surface area contributed by atoms with Gasteiger partial charge in [0.05, 0.1) is 29.0 Å². The molecule has 0 radical (unpaired) electrons. The normalized spacial score (nSPS) is 10.9. The number of hydrogen-bond acceptors (Lipinski definition) is 5. The third kappa shape index (κ3) is 3.63. The number of halogens is 1. The van der Waals surface area contributed by atoms with Crippen LogP contribution in [0.2, 0.25) is 0 Å². The van der Waals surface area contributed by atoms with E-state index in [-0.39, 0.29) is 0 Å². The molecule has 0 amide bonds. The highest BCUT2D eigenvalue weighted by molar-refractivity contribution is 9.10. The van der Waals surface area contributed by atoms with Crippen molar-refractivity contribution in [1.82, 2.24) is 14.6 Å². The van der Waals surface area contributed by atoms with Gasteiger partial charge in [-0.15, -0.1) is 4.73 Å². The van der Waals surface area contributed by atoms with Gasteiger partial charge in [0.25, 0.3) is 0 Å². The van der Waals surface area contributed by atoms with Crippen LogP contribution in [0.1, 0.15) is 12.5 Å². The quantitative estimate of drug-likeness (QED) is 0.365. The SMILES string of the molecule is CCOc1ccc(CNc2cc(-c3ccccc3)nc3c(Br)cnn23)c[n+]1[O-]. The minimum atomic E-state index is 0.292. The number of pyridine rings is 1. The third-order valence-corrected chi connectivity index (χ3v) is 4.76. The minimum Gasteiger partial charge on any atom is -0.616 e. The first-order valence-electron chi connectivity index (χ1n) is 8.84. The van der Waals surface area contributed by atoms with Crippen LogP contribution in [0.4, 0.5) is 5.82 Å². The van der Waals surface area contributed by atoms with Gasteiger partial charge >= 0.3 is 5.88 Å². The molecule has 4 rings (SSSR count). The highest BCUT2D eigenvalue weighted by atomic mass is 79.9. The van der Waals surface area contributed by atoms with Crippen molar-refractivity contribution in [2.24, 2.45) is 0 Å². The highest BCUT2D eigenvalue weighted by Crippen LogP contribution is 2.26. The summed E-state index contributed by atoms with van der Waals surface area (Å²) >= 11 is 3.50. The van der Waals surface area contributed by atoms with E-state index in [2.05, 4.69) is 26.3 Å². The second kappa shape index (κ2) is 7.85. The first-order valence-corrected chi connectivity index (χ1v) is 9.63. The zero-order valence-electron chi connectivity index (χ0n) is 15.2. The lowest BCUT2D eigenvalue weighted by atomic mass is 10.1. The molecule has 4 aromatic rings. The van der Waals surface area contributed by atoms with Crippen molar-refractivity contribution >= 4 is 27.4 Å². The van der Waals surface area contributed by atoms with Crippen molar-refractivity contribution in [3.05, 3.63) is 76.2 Å². The lowest BCUT2D eigenvalue weighted by molar-refractivity contribution is -0.613.